The lowest BCUT2D eigenvalue weighted by molar-refractivity contribution is 0.360. The van der Waals surface area contributed by atoms with Gasteiger partial charge < -0.3 is 0 Å². The van der Waals surface area contributed by atoms with Gasteiger partial charge in [-0.05, 0) is 35.8 Å². The Balaban J connectivity index is 1.86. The lowest BCUT2D eigenvalue weighted by Crippen LogP contribution is -2.04. The monoisotopic (exact) mass is 268 g/mol. The van der Waals surface area contributed by atoms with Gasteiger partial charge in [-0.1, -0.05) is 51.5 Å². The molecule has 20 heavy (non-hydrogen) atoms. The van der Waals surface area contributed by atoms with E-state index in [0.29, 0.717) is 5.41 Å². The fourth-order valence-electron chi connectivity index (χ4n) is 2.30. The number of nitrogens with zero attached hydrogens (tertiary/aromatic N) is 2. The Labute approximate surface area is 122 Å². The van der Waals surface area contributed by atoms with Gasteiger partial charge in [0.15, 0.2) is 0 Å². The first-order valence-corrected chi connectivity index (χ1v) is 7.39. The van der Waals surface area contributed by atoms with Crippen LogP contribution in [0.5, 0.6) is 0 Å². The number of hydrogen-bond donors (Lipinski definition) is 0. The number of rotatable bonds is 5. The summed E-state index contributed by atoms with van der Waals surface area (Å²) in [6, 6.07) is 8.77. The largest absolute Gasteiger partial charge is 0.244 e. The summed E-state index contributed by atoms with van der Waals surface area (Å²) in [7, 11) is 0. The highest BCUT2D eigenvalue weighted by atomic mass is 14.8. The van der Waals surface area contributed by atoms with Gasteiger partial charge in [-0.2, -0.15) is 0 Å². The molecular weight excluding hydrogens is 244 g/mol. The van der Waals surface area contributed by atoms with Crippen molar-refractivity contribution in [1.29, 1.82) is 0 Å². The second-order valence-corrected chi connectivity index (χ2v) is 6.59. The molecule has 1 aromatic heterocycles. The Bertz CT molecular complexity index is 509. The predicted octanol–water partition coefficient (Wildman–Crippen LogP) is 4.90. The Kier molecular flexibility index (Phi) is 4.89. The third kappa shape index (κ3) is 4.76. The highest BCUT2D eigenvalue weighted by Gasteiger charge is 2.08. The fourth-order valence-corrected chi connectivity index (χ4v) is 2.30. The summed E-state index contributed by atoms with van der Waals surface area (Å²) in [5.74, 6) is 0. The molecule has 106 valence electrons. The number of aryl methyl sites for hydroxylation is 1. The van der Waals surface area contributed by atoms with Crippen molar-refractivity contribution in [2.45, 2.75) is 46.5 Å². The summed E-state index contributed by atoms with van der Waals surface area (Å²) in [5.41, 5.74) is 4.13. The molecule has 0 amide bonds. The van der Waals surface area contributed by atoms with E-state index in [0.717, 1.165) is 5.56 Å². The van der Waals surface area contributed by atoms with Crippen LogP contribution < -0.4 is 0 Å². The summed E-state index contributed by atoms with van der Waals surface area (Å²) in [4.78, 5) is 8.11. The molecule has 0 atom stereocenters. The van der Waals surface area contributed by atoms with Crippen LogP contribution in [0.1, 0.15) is 45.6 Å². The van der Waals surface area contributed by atoms with Gasteiger partial charge in [0.25, 0.3) is 0 Å². The third-order valence-corrected chi connectivity index (χ3v) is 3.49. The Hall–Kier alpha value is -1.70. The molecule has 0 unspecified atom stereocenters. The van der Waals surface area contributed by atoms with Crippen molar-refractivity contribution in [3.05, 3.63) is 48.5 Å². The minimum atomic E-state index is 0.456. The second kappa shape index (κ2) is 6.65. The maximum absolute atomic E-state index is 4.06. The van der Waals surface area contributed by atoms with Crippen LogP contribution in [0.15, 0.2) is 43.0 Å². The molecule has 0 saturated carbocycles. The minimum Gasteiger partial charge on any atom is -0.244 e. The highest BCUT2D eigenvalue weighted by molar-refractivity contribution is 5.61. The Morgan fingerprint density at radius 3 is 2.10 bits per heavy atom. The molecule has 0 aliphatic heterocycles. The van der Waals surface area contributed by atoms with E-state index in [9.17, 15) is 0 Å². The van der Waals surface area contributed by atoms with Crippen LogP contribution in [0, 0.1) is 5.41 Å². The number of aromatic nitrogens is 2. The average Bonchev–Trinajstić information content (AvgIpc) is 2.44. The zero-order chi connectivity index (χ0) is 14.4. The van der Waals surface area contributed by atoms with E-state index >= 15 is 0 Å². The maximum Gasteiger partial charge on any atom is 0.115 e. The Morgan fingerprint density at radius 2 is 1.50 bits per heavy atom. The van der Waals surface area contributed by atoms with E-state index in [1.807, 2.05) is 12.4 Å². The molecule has 2 heteroatoms. The summed E-state index contributed by atoms with van der Waals surface area (Å²) < 4.78 is 0. The predicted molar refractivity (Wildman–Crippen MR) is 84.5 cm³/mol. The number of hydrogen-bond acceptors (Lipinski definition) is 2. The summed E-state index contributed by atoms with van der Waals surface area (Å²) in [5, 5.41) is 0. The highest BCUT2D eigenvalue weighted by Crippen LogP contribution is 2.23. The van der Waals surface area contributed by atoms with Crippen molar-refractivity contribution in [3.63, 3.8) is 0 Å². The quantitative estimate of drug-likeness (QED) is 0.721. The molecule has 2 rings (SSSR count). The summed E-state index contributed by atoms with van der Waals surface area (Å²) in [6.07, 6.45) is 10.3. The van der Waals surface area contributed by atoms with E-state index in [4.69, 9.17) is 0 Å². The van der Waals surface area contributed by atoms with E-state index in [1.54, 1.807) is 6.33 Å². The molecule has 2 aromatic rings. The molecular formula is C18H24N2. The SMILES string of the molecule is CC(C)(C)CCCCc1ccc(-c2cncnc2)cc1. The van der Waals surface area contributed by atoms with E-state index in [-0.39, 0.29) is 0 Å². The van der Waals surface area contributed by atoms with Crippen LogP contribution in [-0.2, 0) is 6.42 Å². The van der Waals surface area contributed by atoms with Crippen LogP contribution in [0.2, 0.25) is 0 Å². The first-order valence-electron chi connectivity index (χ1n) is 7.39. The number of unbranched alkanes of at least 4 members (excludes halogenated alkanes) is 1. The van der Waals surface area contributed by atoms with Crippen LogP contribution in [-0.4, -0.2) is 9.97 Å². The molecule has 1 aromatic carbocycles. The van der Waals surface area contributed by atoms with E-state index in [2.05, 4.69) is 55.0 Å². The van der Waals surface area contributed by atoms with Crippen LogP contribution in [0.4, 0.5) is 0 Å². The average molecular weight is 268 g/mol. The topological polar surface area (TPSA) is 25.8 Å². The van der Waals surface area contributed by atoms with E-state index in [1.165, 1.54) is 36.8 Å². The lowest BCUT2D eigenvalue weighted by Gasteiger charge is -2.17. The molecule has 0 aliphatic carbocycles. The maximum atomic E-state index is 4.06. The van der Waals surface area contributed by atoms with Gasteiger partial charge in [-0.3, -0.25) is 0 Å². The van der Waals surface area contributed by atoms with Crippen molar-refractivity contribution in [3.8, 4) is 11.1 Å². The third-order valence-electron chi connectivity index (χ3n) is 3.49. The van der Waals surface area contributed by atoms with Gasteiger partial charge in [-0.15, -0.1) is 0 Å². The van der Waals surface area contributed by atoms with Gasteiger partial charge in [0.1, 0.15) is 6.33 Å². The molecule has 0 saturated heterocycles. The zero-order valence-electron chi connectivity index (χ0n) is 12.8. The van der Waals surface area contributed by atoms with Crippen LogP contribution >= 0.6 is 0 Å². The van der Waals surface area contributed by atoms with Gasteiger partial charge in [-0.25, -0.2) is 9.97 Å². The second-order valence-electron chi connectivity index (χ2n) is 6.59. The minimum absolute atomic E-state index is 0.456. The van der Waals surface area contributed by atoms with Gasteiger partial charge >= 0.3 is 0 Å². The molecule has 0 N–H and O–H groups in total. The normalized spacial score (nSPS) is 11.6. The molecule has 0 bridgehead atoms. The molecule has 2 nitrogen and oxygen atoms in total. The van der Waals surface area contributed by atoms with Gasteiger partial charge in [0.2, 0.25) is 0 Å². The van der Waals surface area contributed by atoms with Crippen molar-refractivity contribution in [1.82, 2.24) is 9.97 Å². The lowest BCUT2D eigenvalue weighted by atomic mass is 9.89. The van der Waals surface area contributed by atoms with Gasteiger partial charge in [0.05, 0.1) is 0 Å². The van der Waals surface area contributed by atoms with Crippen molar-refractivity contribution < 1.29 is 0 Å². The molecule has 1 heterocycles. The molecule has 0 spiro atoms. The summed E-state index contributed by atoms with van der Waals surface area (Å²) in [6.45, 7) is 6.93. The van der Waals surface area contributed by atoms with Crippen molar-refractivity contribution in [2.24, 2.45) is 5.41 Å². The first-order chi connectivity index (χ1) is 9.54. The van der Waals surface area contributed by atoms with Gasteiger partial charge in [0, 0.05) is 18.0 Å². The Morgan fingerprint density at radius 1 is 0.850 bits per heavy atom. The summed E-state index contributed by atoms with van der Waals surface area (Å²) >= 11 is 0. The molecule has 0 radical (unpaired) electrons. The number of benzene rings is 1. The van der Waals surface area contributed by atoms with Crippen molar-refractivity contribution in [2.75, 3.05) is 0 Å². The smallest absolute Gasteiger partial charge is 0.115 e. The molecule has 0 fully saturated rings. The fraction of sp³-hybridized carbons (Fsp3) is 0.444. The standard InChI is InChI=1S/C18H24N2/c1-18(2,3)11-5-4-6-15-7-9-16(10-8-15)17-12-19-14-20-13-17/h7-10,12-14H,4-6,11H2,1-3H3. The van der Waals surface area contributed by atoms with Crippen LogP contribution in [0.25, 0.3) is 11.1 Å². The van der Waals surface area contributed by atoms with E-state index < -0.39 is 0 Å². The molecule has 0 aliphatic rings. The first kappa shape index (κ1) is 14.7. The zero-order valence-corrected chi connectivity index (χ0v) is 12.8. The van der Waals surface area contributed by atoms with Crippen molar-refractivity contribution >= 4 is 0 Å². The van der Waals surface area contributed by atoms with Crippen LogP contribution in [0.3, 0.4) is 0 Å².